The Morgan fingerprint density at radius 3 is 2.12 bits per heavy atom. The Bertz CT molecular complexity index is 707. The van der Waals surface area contributed by atoms with Crippen LogP contribution in [0, 0.1) is 0 Å². The highest BCUT2D eigenvalue weighted by atomic mass is 32.2. The molecule has 0 aliphatic carbocycles. The van der Waals surface area contributed by atoms with E-state index >= 15 is 0 Å². The maximum Gasteiger partial charge on any atom is 0.251 e. The second-order valence-corrected chi connectivity index (χ2v) is 8.12. The zero-order valence-electron chi connectivity index (χ0n) is 14.6. The van der Waals surface area contributed by atoms with E-state index in [1.54, 1.807) is 24.3 Å². The highest BCUT2D eigenvalue weighted by Crippen LogP contribution is 2.14. The van der Waals surface area contributed by atoms with Gasteiger partial charge in [-0.2, -0.15) is 0 Å². The number of nitrogens with one attached hydrogen (secondary N) is 1. The molecule has 5 heteroatoms. The van der Waals surface area contributed by atoms with Gasteiger partial charge in [0.15, 0.2) is 0 Å². The molecule has 0 spiro atoms. The molecule has 0 radical (unpaired) electrons. The van der Waals surface area contributed by atoms with Gasteiger partial charge in [0.2, 0.25) is 0 Å². The summed E-state index contributed by atoms with van der Waals surface area (Å²) in [6.07, 6.45) is 0. The number of carbonyl (C=O) groups excluding carboxylic acids is 1. The molecule has 1 amide bonds. The molecule has 1 atom stereocenters. The van der Waals surface area contributed by atoms with Crippen LogP contribution in [0.1, 0.15) is 29.8 Å². The van der Waals surface area contributed by atoms with E-state index in [4.69, 9.17) is 0 Å². The molecular weight excluding hydrogens is 320 g/mol. The van der Waals surface area contributed by atoms with Gasteiger partial charge in [-0.05, 0) is 42.0 Å². The van der Waals surface area contributed by atoms with Crippen molar-refractivity contribution in [2.45, 2.75) is 30.5 Å². The summed E-state index contributed by atoms with van der Waals surface area (Å²) in [6, 6.07) is 15.0. The zero-order chi connectivity index (χ0) is 17.7. The summed E-state index contributed by atoms with van der Waals surface area (Å²) in [5.41, 5.74) is 2.75. The largest absolute Gasteiger partial charge is 0.378 e. The number of nitrogens with zero attached hydrogens (tertiary/aromatic N) is 1. The van der Waals surface area contributed by atoms with Gasteiger partial charge in [0, 0.05) is 42.0 Å². The van der Waals surface area contributed by atoms with Crippen molar-refractivity contribution in [1.82, 2.24) is 5.32 Å². The van der Waals surface area contributed by atoms with Crippen LogP contribution in [0.25, 0.3) is 0 Å². The normalized spacial score (nSPS) is 12.0. The van der Waals surface area contributed by atoms with E-state index in [0.717, 1.165) is 16.1 Å². The van der Waals surface area contributed by atoms with Crippen LogP contribution in [-0.4, -0.2) is 29.5 Å². The molecule has 1 N–H and O–H groups in total. The Kier molecular flexibility index (Phi) is 6.15. The first-order valence-corrected chi connectivity index (χ1v) is 9.15. The first kappa shape index (κ1) is 18.2. The fourth-order valence-electron chi connectivity index (χ4n) is 2.21. The Labute approximate surface area is 146 Å². The fourth-order valence-corrected chi connectivity index (χ4v) is 3.16. The lowest BCUT2D eigenvalue weighted by Gasteiger charge is -2.13. The van der Waals surface area contributed by atoms with E-state index in [1.165, 1.54) is 0 Å². The summed E-state index contributed by atoms with van der Waals surface area (Å²) < 4.78 is 12.0. The molecule has 0 saturated heterocycles. The van der Waals surface area contributed by atoms with E-state index in [1.807, 2.05) is 57.1 Å². The van der Waals surface area contributed by atoms with Gasteiger partial charge in [-0.15, -0.1) is 0 Å². The van der Waals surface area contributed by atoms with Crippen molar-refractivity contribution in [2.75, 3.05) is 19.0 Å². The molecule has 4 nitrogen and oxygen atoms in total. The summed E-state index contributed by atoms with van der Waals surface area (Å²) in [6.45, 7) is 4.31. The number of rotatable bonds is 6. The van der Waals surface area contributed by atoms with E-state index in [2.05, 4.69) is 5.32 Å². The third-order valence-electron chi connectivity index (χ3n) is 3.68. The van der Waals surface area contributed by atoms with Crippen molar-refractivity contribution < 1.29 is 9.00 Å². The minimum Gasteiger partial charge on any atom is -0.378 e. The van der Waals surface area contributed by atoms with E-state index in [0.29, 0.717) is 12.1 Å². The van der Waals surface area contributed by atoms with Gasteiger partial charge in [0.05, 0.1) is 10.8 Å². The zero-order valence-corrected chi connectivity index (χ0v) is 15.4. The van der Waals surface area contributed by atoms with Crippen LogP contribution in [0.3, 0.4) is 0 Å². The Hall–Kier alpha value is -2.14. The van der Waals surface area contributed by atoms with Crippen LogP contribution >= 0.6 is 0 Å². The van der Waals surface area contributed by atoms with Crippen LogP contribution in [0.15, 0.2) is 53.4 Å². The monoisotopic (exact) mass is 344 g/mol. The van der Waals surface area contributed by atoms with E-state index in [9.17, 15) is 9.00 Å². The molecular formula is C19H24N2O2S. The minimum atomic E-state index is -1.03. The minimum absolute atomic E-state index is 0.0646. The van der Waals surface area contributed by atoms with Gasteiger partial charge in [-0.25, -0.2) is 0 Å². The average Bonchev–Trinajstić information content (AvgIpc) is 2.59. The molecule has 0 aliphatic rings. The molecule has 0 fully saturated rings. The van der Waals surface area contributed by atoms with Crippen LogP contribution in [0.4, 0.5) is 5.69 Å². The van der Waals surface area contributed by atoms with Gasteiger partial charge in [0.25, 0.3) is 5.91 Å². The van der Waals surface area contributed by atoms with Gasteiger partial charge in [-0.1, -0.05) is 26.0 Å². The predicted octanol–water partition coefficient (Wildman–Crippen LogP) is 3.20. The molecule has 2 rings (SSSR count). The second-order valence-electron chi connectivity index (χ2n) is 6.11. The van der Waals surface area contributed by atoms with Crippen molar-refractivity contribution in [2.24, 2.45) is 0 Å². The SMILES string of the molecule is CC(C)[S@@](=O)c1ccc(C(=O)NCc2ccc(N(C)C)cc2)cc1. The van der Waals surface area contributed by atoms with Gasteiger partial charge < -0.3 is 10.2 Å². The smallest absolute Gasteiger partial charge is 0.251 e. The molecule has 2 aromatic carbocycles. The average molecular weight is 344 g/mol. The number of amides is 1. The molecule has 0 unspecified atom stereocenters. The lowest BCUT2D eigenvalue weighted by molar-refractivity contribution is 0.0951. The van der Waals surface area contributed by atoms with Crippen LogP contribution in [0.2, 0.25) is 0 Å². The highest BCUT2D eigenvalue weighted by molar-refractivity contribution is 7.85. The van der Waals surface area contributed by atoms with Gasteiger partial charge in [-0.3, -0.25) is 9.00 Å². The number of carbonyl (C=O) groups is 1. The highest BCUT2D eigenvalue weighted by Gasteiger charge is 2.10. The Morgan fingerprint density at radius 2 is 1.62 bits per heavy atom. The first-order valence-electron chi connectivity index (χ1n) is 7.93. The summed E-state index contributed by atoms with van der Waals surface area (Å²) in [5.74, 6) is -0.131. The standard InChI is InChI=1S/C19H24N2O2S/c1-14(2)24(23)18-11-7-16(8-12-18)19(22)20-13-15-5-9-17(10-6-15)21(3)4/h5-12,14H,13H2,1-4H3,(H,20,22)/t24-/m1/s1. The molecule has 0 bridgehead atoms. The van der Waals surface area contributed by atoms with E-state index in [-0.39, 0.29) is 11.2 Å². The van der Waals surface area contributed by atoms with Crippen LogP contribution in [0.5, 0.6) is 0 Å². The maximum atomic E-state index is 12.2. The first-order chi connectivity index (χ1) is 11.4. The predicted molar refractivity (Wildman–Crippen MR) is 99.9 cm³/mol. The summed E-state index contributed by atoms with van der Waals surface area (Å²) in [7, 11) is 2.95. The number of benzene rings is 2. The molecule has 128 valence electrons. The van der Waals surface area contributed by atoms with Crippen LogP contribution in [-0.2, 0) is 17.3 Å². The summed E-state index contributed by atoms with van der Waals surface area (Å²) in [5, 5.41) is 2.97. The van der Waals surface area contributed by atoms with E-state index < -0.39 is 10.8 Å². The molecule has 0 aromatic heterocycles. The topological polar surface area (TPSA) is 49.4 Å². The van der Waals surface area contributed by atoms with Crippen LogP contribution < -0.4 is 10.2 Å². The van der Waals surface area contributed by atoms with Gasteiger partial charge in [0.1, 0.15) is 0 Å². The molecule has 0 aliphatic heterocycles. The molecule has 0 saturated carbocycles. The number of hydrogen-bond donors (Lipinski definition) is 1. The lowest BCUT2D eigenvalue weighted by Crippen LogP contribution is -2.22. The molecule has 2 aromatic rings. The number of hydrogen-bond acceptors (Lipinski definition) is 3. The van der Waals surface area contributed by atoms with Crippen molar-refractivity contribution in [3.63, 3.8) is 0 Å². The fraction of sp³-hybridized carbons (Fsp3) is 0.316. The lowest BCUT2D eigenvalue weighted by atomic mass is 10.2. The third-order valence-corrected chi connectivity index (χ3v) is 5.28. The number of anilines is 1. The van der Waals surface area contributed by atoms with Crippen molar-refractivity contribution in [1.29, 1.82) is 0 Å². The Balaban J connectivity index is 1.96. The summed E-state index contributed by atoms with van der Waals surface area (Å²) in [4.78, 5) is 15.0. The summed E-state index contributed by atoms with van der Waals surface area (Å²) >= 11 is 0. The van der Waals surface area contributed by atoms with Crippen molar-refractivity contribution >= 4 is 22.4 Å². The van der Waals surface area contributed by atoms with Crippen molar-refractivity contribution in [3.05, 3.63) is 59.7 Å². The Morgan fingerprint density at radius 1 is 1.04 bits per heavy atom. The van der Waals surface area contributed by atoms with Gasteiger partial charge >= 0.3 is 0 Å². The quantitative estimate of drug-likeness (QED) is 0.875. The molecule has 24 heavy (non-hydrogen) atoms. The second kappa shape index (κ2) is 8.11. The van der Waals surface area contributed by atoms with Crippen molar-refractivity contribution in [3.8, 4) is 0 Å². The third kappa shape index (κ3) is 4.68. The maximum absolute atomic E-state index is 12.2. The molecule has 0 heterocycles.